The van der Waals surface area contributed by atoms with Crippen LogP contribution in [0.4, 0.5) is 0 Å². The summed E-state index contributed by atoms with van der Waals surface area (Å²) in [4.78, 5) is 2.39. The minimum Gasteiger partial charge on any atom is -0.314 e. The van der Waals surface area contributed by atoms with Gasteiger partial charge in [-0.1, -0.05) is 19.9 Å². The summed E-state index contributed by atoms with van der Waals surface area (Å²) in [6, 6.07) is 0.612. The first kappa shape index (κ1) is 13.7. The molecule has 0 aromatic carbocycles. The number of nitrogens with zero attached hydrogens (tertiary/aromatic N) is 1. The van der Waals surface area contributed by atoms with Crippen molar-refractivity contribution in [3.8, 4) is 0 Å². The smallest absolute Gasteiger partial charge is 0.00103 e. The first-order valence-corrected chi connectivity index (χ1v) is 5.69. The summed E-state index contributed by atoms with van der Waals surface area (Å²) in [6.45, 7) is 11.6. The molecule has 0 fully saturated rings. The average Bonchev–Trinajstić information content (AvgIpc) is 2.13. The second kappa shape index (κ2) is 9.22. The topological polar surface area (TPSA) is 15.3 Å². The van der Waals surface area contributed by atoms with Crippen LogP contribution in [0, 0.1) is 0 Å². The minimum atomic E-state index is 0.612. The Morgan fingerprint density at radius 1 is 1.29 bits per heavy atom. The molecule has 84 valence electrons. The molecule has 0 rings (SSSR count). The SMILES string of the molecule is C=CCCCN(C)CCCNC(C)C. The molecule has 2 heteroatoms. The second-order valence-electron chi connectivity index (χ2n) is 4.20. The maximum absolute atomic E-state index is 3.72. The zero-order valence-electron chi connectivity index (χ0n) is 10.1. The summed E-state index contributed by atoms with van der Waals surface area (Å²) in [7, 11) is 2.19. The van der Waals surface area contributed by atoms with E-state index in [1.54, 1.807) is 0 Å². The van der Waals surface area contributed by atoms with E-state index in [-0.39, 0.29) is 0 Å². The summed E-state index contributed by atoms with van der Waals surface area (Å²) in [5, 5.41) is 3.43. The van der Waals surface area contributed by atoms with Crippen LogP contribution in [0.25, 0.3) is 0 Å². The molecular formula is C12H26N2. The summed E-state index contributed by atoms with van der Waals surface area (Å²) in [5.41, 5.74) is 0. The third kappa shape index (κ3) is 9.75. The van der Waals surface area contributed by atoms with Gasteiger partial charge in [-0.15, -0.1) is 6.58 Å². The van der Waals surface area contributed by atoms with Crippen LogP contribution in [0.15, 0.2) is 12.7 Å². The molecule has 0 bridgehead atoms. The average molecular weight is 198 g/mol. The standard InChI is InChI=1S/C12H26N2/c1-5-6-7-10-14(4)11-8-9-13-12(2)3/h5,12-13H,1,6-11H2,2-4H3. The highest BCUT2D eigenvalue weighted by atomic mass is 15.1. The molecule has 0 aliphatic heterocycles. The van der Waals surface area contributed by atoms with E-state index in [2.05, 4.69) is 37.7 Å². The number of rotatable bonds is 9. The molecule has 1 N–H and O–H groups in total. The molecule has 0 saturated carbocycles. The predicted octanol–water partition coefficient (Wildman–Crippen LogP) is 2.27. The number of hydrogen-bond acceptors (Lipinski definition) is 2. The van der Waals surface area contributed by atoms with Crippen LogP contribution < -0.4 is 5.32 Å². The molecule has 0 aromatic rings. The molecule has 0 heterocycles. The largest absolute Gasteiger partial charge is 0.314 e. The number of unbranched alkanes of at least 4 members (excludes halogenated alkanes) is 1. The van der Waals surface area contributed by atoms with Crippen molar-refractivity contribution < 1.29 is 0 Å². The molecular weight excluding hydrogens is 172 g/mol. The van der Waals surface area contributed by atoms with Gasteiger partial charge in [0.1, 0.15) is 0 Å². The predicted molar refractivity (Wildman–Crippen MR) is 64.7 cm³/mol. The van der Waals surface area contributed by atoms with Gasteiger partial charge in [0.05, 0.1) is 0 Å². The molecule has 0 spiro atoms. The lowest BCUT2D eigenvalue weighted by molar-refractivity contribution is 0.321. The lowest BCUT2D eigenvalue weighted by Crippen LogP contribution is -2.28. The van der Waals surface area contributed by atoms with Crippen molar-refractivity contribution in [2.45, 2.75) is 39.2 Å². The molecule has 2 nitrogen and oxygen atoms in total. The van der Waals surface area contributed by atoms with E-state index in [0.29, 0.717) is 6.04 Å². The van der Waals surface area contributed by atoms with Gasteiger partial charge in [-0.05, 0) is 45.9 Å². The van der Waals surface area contributed by atoms with Gasteiger partial charge in [-0.25, -0.2) is 0 Å². The fourth-order valence-corrected chi connectivity index (χ4v) is 1.36. The Hall–Kier alpha value is -0.340. The molecule has 0 unspecified atom stereocenters. The molecule has 0 atom stereocenters. The van der Waals surface area contributed by atoms with Crippen LogP contribution >= 0.6 is 0 Å². The van der Waals surface area contributed by atoms with Gasteiger partial charge < -0.3 is 10.2 Å². The van der Waals surface area contributed by atoms with Crippen LogP contribution in [0.1, 0.15) is 33.1 Å². The summed E-state index contributed by atoms with van der Waals surface area (Å²) >= 11 is 0. The third-order valence-corrected chi connectivity index (χ3v) is 2.22. The van der Waals surface area contributed by atoms with E-state index in [4.69, 9.17) is 0 Å². The van der Waals surface area contributed by atoms with Gasteiger partial charge in [0.2, 0.25) is 0 Å². The Labute approximate surface area is 89.4 Å². The van der Waals surface area contributed by atoms with Crippen molar-refractivity contribution in [1.29, 1.82) is 0 Å². The van der Waals surface area contributed by atoms with Crippen LogP contribution in [-0.2, 0) is 0 Å². The molecule has 14 heavy (non-hydrogen) atoms. The monoisotopic (exact) mass is 198 g/mol. The van der Waals surface area contributed by atoms with E-state index >= 15 is 0 Å². The number of hydrogen-bond donors (Lipinski definition) is 1. The molecule has 0 amide bonds. The van der Waals surface area contributed by atoms with E-state index in [9.17, 15) is 0 Å². The van der Waals surface area contributed by atoms with Crippen LogP contribution in [0.3, 0.4) is 0 Å². The fraction of sp³-hybridized carbons (Fsp3) is 0.833. The minimum absolute atomic E-state index is 0.612. The summed E-state index contributed by atoms with van der Waals surface area (Å²) in [6.07, 6.45) is 5.60. The molecule has 0 aliphatic carbocycles. The lowest BCUT2D eigenvalue weighted by Gasteiger charge is -2.16. The lowest BCUT2D eigenvalue weighted by atomic mass is 10.3. The van der Waals surface area contributed by atoms with Crippen molar-refractivity contribution in [2.24, 2.45) is 0 Å². The highest BCUT2D eigenvalue weighted by Gasteiger charge is 1.97. The molecule has 0 aromatic heterocycles. The second-order valence-corrected chi connectivity index (χ2v) is 4.20. The first-order valence-electron chi connectivity index (χ1n) is 5.69. The number of nitrogens with one attached hydrogen (secondary N) is 1. The Balaban J connectivity index is 3.17. The molecule has 0 radical (unpaired) electrons. The van der Waals surface area contributed by atoms with Gasteiger partial charge in [-0.3, -0.25) is 0 Å². The maximum atomic E-state index is 3.72. The Morgan fingerprint density at radius 3 is 2.50 bits per heavy atom. The fourth-order valence-electron chi connectivity index (χ4n) is 1.36. The van der Waals surface area contributed by atoms with Crippen molar-refractivity contribution in [2.75, 3.05) is 26.7 Å². The van der Waals surface area contributed by atoms with Gasteiger partial charge in [-0.2, -0.15) is 0 Å². The zero-order chi connectivity index (χ0) is 10.8. The third-order valence-electron chi connectivity index (χ3n) is 2.22. The van der Waals surface area contributed by atoms with Gasteiger partial charge in [0.15, 0.2) is 0 Å². The Morgan fingerprint density at radius 2 is 1.93 bits per heavy atom. The molecule has 0 aliphatic rings. The highest BCUT2D eigenvalue weighted by Crippen LogP contribution is 1.94. The normalized spacial score (nSPS) is 11.2. The van der Waals surface area contributed by atoms with Crippen LogP contribution in [-0.4, -0.2) is 37.6 Å². The number of allylic oxidation sites excluding steroid dienone is 1. The summed E-state index contributed by atoms with van der Waals surface area (Å²) < 4.78 is 0. The summed E-state index contributed by atoms with van der Waals surface area (Å²) in [5.74, 6) is 0. The van der Waals surface area contributed by atoms with Crippen molar-refractivity contribution in [1.82, 2.24) is 10.2 Å². The van der Waals surface area contributed by atoms with E-state index in [1.807, 2.05) is 6.08 Å². The van der Waals surface area contributed by atoms with Gasteiger partial charge in [0.25, 0.3) is 0 Å². The zero-order valence-corrected chi connectivity index (χ0v) is 10.1. The van der Waals surface area contributed by atoms with E-state index < -0.39 is 0 Å². The Bertz CT molecular complexity index is 132. The van der Waals surface area contributed by atoms with E-state index in [1.165, 1.54) is 25.9 Å². The van der Waals surface area contributed by atoms with Gasteiger partial charge in [0, 0.05) is 6.04 Å². The Kier molecular flexibility index (Phi) is 9.00. The first-order chi connectivity index (χ1) is 6.66. The maximum Gasteiger partial charge on any atom is 0.00103 e. The quantitative estimate of drug-likeness (QED) is 0.452. The van der Waals surface area contributed by atoms with Crippen LogP contribution in [0.5, 0.6) is 0 Å². The van der Waals surface area contributed by atoms with Gasteiger partial charge >= 0.3 is 0 Å². The van der Waals surface area contributed by atoms with Crippen molar-refractivity contribution in [3.63, 3.8) is 0 Å². The van der Waals surface area contributed by atoms with Crippen LogP contribution in [0.2, 0.25) is 0 Å². The van der Waals surface area contributed by atoms with Crippen molar-refractivity contribution in [3.05, 3.63) is 12.7 Å². The van der Waals surface area contributed by atoms with E-state index in [0.717, 1.165) is 13.0 Å². The molecule has 0 saturated heterocycles. The van der Waals surface area contributed by atoms with Crippen molar-refractivity contribution >= 4 is 0 Å². The highest BCUT2D eigenvalue weighted by molar-refractivity contribution is 4.67.